The average Bonchev–Trinajstić information content (AvgIpc) is 2.45. The molecule has 0 radical (unpaired) electrons. The summed E-state index contributed by atoms with van der Waals surface area (Å²) in [5, 5.41) is 49.0. The first kappa shape index (κ1) is 84.0. The zero-order valence-corrected chi connectivity index (χ0v) is 13.8. The van der Waals surface area contributed by atoms with E-state index in [1.165, 1.54) is 0 Å². The molecule has 0 saturated heterocycles. The number of hydrogen-bond acceptors (Lipinski definition) is 7. The van der Waals surface area contributed by atoms with Crippen LogP contribution < -0.4 is 0 Å². The molecule has 0 heterocycles. The topological polar surface area (TPSA) is 142 Å². The van der Waals surface area contributed by atoms with E-state index in [0.717, 1.165) is 49.8 Å². The molecule has 7 nitrogen and oxygen atoms in total. The molecule has 0 aromatic carbocycles. The van der Waals surface area contributed by atoms with E-state index in [2.05, 4.69) is 0 Å². The summed E-state index contributed by atoms with van der Waals surface area (Å²) in [7, 11) is 7.00. The minimum Gasteiger partial charge on any atom is -0.400 e. The van der Waals surface area contributed by atoms with Crippen LogP contribution >= 0.6 is 37.2 Å². The summed E-state index contributed by atoms with van der Waals surface area (Å²) in [5.41, 5.74) is 0. The quantitative estimate of drug-likeness (QED) is 0.287. The third-order valence-corrected chi connectivity index (χ3v) is 0. The maximum Gasteiger partial charge on any atom is 0.0319 e. The molecule has 7 N–H and O–H groups in total. The standard InChI is InChI=1S/7CH4O.3ClH/c7*1-2;;;/h7*2H,1H3;3*1H. The Morgan fingerprint density at radius 2 is 0.235 bits per heavy atom. The van der Waals surface area contributed by atoms with E-state index in [1.807, 2.05) is 0 Å². The molecule has 0 aliphatic carbocycles. The second kappa shape index (κ2) is 11600. The lowest BCUT2D eigenvalue weighted by molar-refractivity contribution is 0.399. The Balaban J connectivity index is -0.00000000408. The van der Waals surface area contributed by atoms with Gasteiger partial charge in [-0.15, -0.1) is 37.2 Å². The van der Waals surface area contributed by atoms with Crippen molar-refractivity contribution in [2.75, 3.05) is 49.8 Å². The monoisotopic (exact) mass is 332 g/mol. The lowest BCUT2D eigenvalue weighted by Crippen LogP contribution is -1.25. The summed E-state index contributed by atoms with van der Waals surface area (Å²) in [6.45, 7) is 0. The van der Waals surface area contributed by atoms with Crippen molar-refractivity contribution in [1.82, 2.24) is 0 Å². The molecule has 0 unspecified atom stereocenters. The minimum atomic E-state index is 0. The zero-order valence-electron chi connectivity index (χ0n) is 11.4. The molecule has 0 fully saturated rings. The summed E-state index contributed by atoms with van der Waals surface area (Å²) < 4.78 is 0. The largest absolute Gasteiger partial charge is 0.400 e. The van der Waals surface area contributed by atoms with Crippen LogP contribution in [0.4, 0.5) is 0 Å². The fraction of sp³-hybridized carbons (Fsp3) is 1.00. The Labute approximate surface area is 123 Å². The van der Waals surface area contributed by atoms with Crippen LogP contribution in [0.1, 0.15) is 0 Å². The van der Waals surface area contributed by atoms with Crippen molar-refractivity contribution in [3.63, 3.8) is 0 Å². The Hall–Kier alpha value is 0.590. The number of halogens is 3. The van der Waals surface area contributed by atoms with Gasteiger partial charge in [0.15, 0.2) is 0 Å². The predicted octanol–water partition coefficient (Wildman–Crippen LogP) is -1.48. The van der Waals surface area contributed by atoms with E-state index in [9.17, 15) is 0 Å². The molecule has 122 valence electrons. The molecular formula is C7H31Cl3O7. The van der Waals surface area contributed by atoms with Crippen LogP contribution in [-0.2, 0) is 0 Å². The molecule has 10 heteroatoms. The highest BCUT2D eigenvalue weighted by molar-refractivity contribution is 5.86. The van der Waals surface area contributed by atoms with Gasteiger partial charge in [-0.3, -0.25) is 0 Å². The van der Waals surface area contributed by atoms with Crippen molar-refractivity contribution in [3.8, 4) is 0 Å². The lowest BCUT2D eigenvalue weighted by atomic mass is 11.8. The van der Waals surface area contributed by atoms with Crippen molar-refractivity contribution in [2.24, 2.45) is 0 Å². The lowest BCUT2D eigenvalue weighted by Gasteiger charge is -1.21. The molecule has 0 aromatic heterocycles. The first-order valence-electron chi connectivity index (χ1n) is 3.13. The average molecular weight is 334 g/mol. The number of aliphatic hydroxyl groups excluding tert-OH is 7. The van der Waals surface area contributed by atoms with Crippen LogP contribution in [0.2, 0.25) is 0 Å². The molecule has 0 amide bonds. The summed E-state index contributed by atoms with van der Waals surface area (Å²) >= 11 is 0. The molecule has 0 bridgehead atoms. The van der Waals surface area contributed by atoms with Crippen LogP contribution in [0.5, 0.6) is 0 Å². The smallest absolute Gasteiger partial charge is 0.0319 e. The minimum absolute atomic E-state index is 0. The molecule has 0 rings (SSSR count). The van der Waals surface area contributed by atoms with Crippen LogP contribution in [-0.4, -0.2) is 85.5 Å². The number of rotatable bonds is 0. The molecule has 0 aliphatic heterocycles. The summed E-state index contributed by atoms with van der Waals surface area (Å²) in [6.07, 6.45) is 0. The van der Waals surface area contributed by atoms with Gasteiger partial charge < -0.3 is 35.7 Å². The highest BCUT2D eigenvalue weighted by atomic mass is 35.5. The van der Waals surface area contributed by atoms with Gasteiger partial charge in [-0.25, -0.2) is 0 Å². The second-order valence-electron chi connectivity index (χ2n) is 0. The van der Waals surface area contributed by atoms with Gasteiger partial charge in [0.05, 0.1) is 0 Å². The second-order valence-corrected chi connectivity index (χ2v) is 0. The first-order chi connectivity index (χ1) is 7.00. The van der Waals surface area contributed by atoms with Crippen molar-refractivity contribution in [2.45, 2.75) is 0 Å². The Bertz CT molecular complexity index is 25.4. The van der Waals surface area contributed by atoms with Gasteiger partial charge in [0, 0.05) is 49.8 Å². The van der Waals surface area contributed by atoms with E-state index in [-0.39, 0.29) is 37.2 Å². The molecule has 0 saturated carbocycles. The number of aliphatic hydroxyl groups is 7. The van der Waals surface area contributed by atoms with Crippen molar-refractivity contribution in [3.05, 3.63) is 0 Å². The Morgan fingerprint density at radius 1 is 0.235 bits per heavy atom. The van der Waals surface area contributed by atoms with Crippen LogP contribution in [0, 0.1) is 0 Å². The SMILES string of the molecule is CO.CO.CO.CO.CO.CO.CO.Cl.Cl.Cl. The van der Waals surface area contributed by atoms with Crippen molar-refractivity contribution in [1.29, 1.82) is 0 Å². The molecule has 17 heavy (non-hydrogen) atoms. The predicted molar refractivity (Wildman–Crippen MR) is 78.7 cm³/mol. The van der Waals surface area contributed by atoms with Crippen LogP contribution in [0.25, 0.3) is 0 Å². The van der Waals surface area contributed by atoms with E-state index >= 15 is 0 Å². The third-order valence-electron chi connectivity index (χ3n) is 0. The normalized spacial score (nSPS) is 2.47. The molecule has 0 aromatic rings. The highest BCUT2D eigenvalue weighted by Crippen LogP contribution is 0.767. The summed E-state index contributed by atoms with van der Waals surface area (Å²) in [4.78, 5) is 0. The van der Waals surface area contributed by atoms with E-state index in [1.54, 1.807) is 0 Å². The van der Waals surface area contributed by atoms with Gasteiger partial charge in [-0.05, 0) is 0 Å². The van der Waals surface area contributed by atoms with Gasteiger partial charge in [0.2, 0.25) is 0 Å². The van der Waals surface area contributed by atoms with E-state index in [0.29, 0.717) is 0 Å². The third kappa shape index (κ3) is 10100. The molecular weight excluding hydrogens is 302 g/mol. The van der Waals surface area contributed by atoms with Gasteiger partial charge in [-0.2, -0.15) is 0 Å². The molecule has 0 atom stereocenters. The highest BCUT2D eigenvalue weighted by Gasteiger charge is 0.851. The van der Waals surface area contributed by atoms with Crippen molar-refractivity contribution < 1.29 is 35.7 Å². The van der Waals surface area contributed by atoms with Gasteiger partial charge in [-0.1, -0.05) is 0 Å². The van der Waals surface area contributed by atoms with Gasteiger partial charge in [0.25, 0.3) is 0 Å². The number of hydrogen-bond donors (Lipinski definition) is 7. The molecule has 0 aliphatic rings. The van der Waals surface area contributed by atoms with E-state index in [4.69, 9.17) is 35.7 Å². The van der Waals surface area contributed by atoms with Crippen LogP contribution in [0.3, 0.4) is 0 Å². The summed E-state index contributed by atoms with van der Waals surface area (Å²) in [5.74, 6) is 0. The maximum atomic E-state index is 7.00. The van der Waals surface area contributed by atoms with Crippen LogP contribution in [0.15, 0.2) is 0 Å². The fourth-order valence-electron chi connectivity index (χ4n) is 0. The maximum absolute atomic E-state index is 7.00. The summed E-state index contributed by atoms with van der Waals surface area (Å²) in [6, 6.07) is 0. The fourth-order valence-corrected chi connectivity index (χ4v) is 0. The zero-order chi connectivity index (χ0) is 14.0. The van der Waals surface area contributed by atoms with Gasteiger partial charge in [0.1, 0.15) is 0 Å². The molecule has 0 spiro atoms. The Morgan fingerprint density at radius 3 is 0.235 bits per heavy atom. The van der Waals surface area contributed by atoms with Crippen molar-refractivity contribution >= 4 is 37.2 Å². The first-order valence-corrected chi connectivity index (χ1v) is 3.13. The van der Waals surface area contributed by atoms with Gasteiger partial charge >= 0.3 is 0 Å². The Kier molecular flexibility index (Phi) is 57300. The van der Waals surface area contributed by atoms with E-state index < -0.39 is 0 Å².